The van der Waals surface area contributed by atoms with E-state index in [4.69, 9.17) is 10.2 Å². The molecule has 2 aliphatic heterocycles. The lowest BCUT2D eigenvalue weighted by Crippen LogP contribution is -2.34. The summed E-state index contributed by atoms with van der Waals surface area (Å²) in [5, 5.41) is 21.4. The van der Waals surface area contributed by atoms with Crippen molar-refractivity contribution in [3.8, 4) is 0 Å². The molecule has 0 atom stereocenters. The van der Waals surface area contributed by atoms with Gasteiger partial charge in [0.25, 0.3) is 5.84 Å². The first-order valence-electron chi connectivity index (χ1n) is 5.20. The van der Waals surface area contributed by atoms with Crippen LogP contribution in [0.25, 0.3) is 0 Å². The molecule has 0 saturated heterocycles. The molecule has 2 rings (SSSR count). The van der Waals surface area contributed by atoms with Gasteiger partial charge in [0.2, 0.25) is 0 Å². The van der Waals surface area contributed by atoms with Crippen LogP contribution in [0.5, 0.6) is 0 Å². The summed E-state index contributed by atoms with van der Waals surface area (Å²) in [6.45, 7) is 3.29. The molecule has 0 saturated carbocycles. The first-order chi connectivity index (χ1) is 7.35. The minimum absolute atomic E-state index is 0.0191. The first-order valence-corrected chi connectivity index (χ1v) is 5.20. The fraction of sp³-hybridized carbons (Fsp3) is 0.778. The highest BCUT2D eigenvalue weighted by Crippen LogP contribution is 2.05. The van der Waals surface area contributed by atoms with Crippen molar-refractivity contribution in [3.05, 3.63) is 0 Å². The van der Waals surface area contributed by atoms with Crippen molar-refractivity contribution >= 4 is 11.7 Å². The smallest absolute Gasteiger partial charge is 0.254 e. The van der Waals surface area contributed by atoms with E-state index in [1.54, 1.807) is 0 Å². The van der Waals surface area contributed by atoms with Crippen LogP contribution in [-0.4, -0.2) is 71.0 Å². The van der Waals surface area contributed by atoms with Gasteiger partial charge in [-0.15, -0.1) is 0 Å². The average molecular weight is 213 g/mol. The van der Waals surface area contributed by atoms with E-state index in [1.807, 2.05) is 9.48 Å². The van der Waals surface area contributed by atoms with Gasteiger partial charge in [-0.2, -0.15) is 0 Å². The average Bonchev–Trinajstić information content (AvgIpc) is 2.87. The monoisotopic (exact) mass is 213 g/mol. The first kappa shape index (κ1) is 10.4. The van der Waals surface area contributed by atoms with Crippen molar-refractivity contribution in [1.29, 1.82) is 0 Å². The number of nitrogens with one attached hydrogen (secondary N) is 1. The molecule has 6 heteroatoms. The SMILES string of the molecule is OCN1CCN=C1CC1=[N+](CO)CCN1. The maximum atomic E-state index is 9.10. The molecule has 15 heavy (non-hydrogen) atoms. The molecule has 0 aromatic carbocycles. The van der Waals surface area contributed by atoms with Crippen LogP contribution >= 0.6 is 0 Å². The van der Waals surface area contributed by atoms with E-state index in [9.17, 15) is 0 Å². The molecule has 84 valence electrons. The third-order valence-electron chi connectivity index (χ3n) is 2.79. The number of aliphatic hydroxyl groups excluding tert-OH is 2. The highest BCUT2D eigenvalue weighted by Gasteiger charge is 2.25. The lowest BCUT2D eigenvalue weighted by Gasteiger charge is -2.15. The summed E-state index contributed by atoms with van der Waals surface area (Å²) in [6.07, 6.45) is 0.668. The van der Waals surface area contributed by atoms with Gasteiger partial charge < -0.3 is 15.1 Å². The van der Waals surface area contributed by atoms with E-state index in [2.05, 4.69) is 10.3 Å². The van der Waals surface area contributed by atoms with Crippen LogP contribution in [0.3, 0.4) is 0 Å². The fourth-order valence-electron chi connectivity index (χ4n) is 1.91. The minimum atomic E-state index is 0.0191. The highest BCUT2D eigenvalue weighted by molar-refractivity contribution is 6.01. The second kappa shape index (κ2) is 4.59. The van der Waals surface area contributed by atoms with Crippen molar-refractivity contribution in [3.63, 3.8) is 0 Å². The second-order valence-corrected chi connectivity index (χ2v) is 3.66. The van der Waals surface area contributed by atoms with E-state index >= 15 is 0 Å². The Labute approximate surface area is 88.5 Å². The summed E-state index contributed by atoms with van der Waals surface area (Å²) >= 11 is 0. The van der Waals surface area contributed by atoms with E-state index in [0.29, 0.717) is 6.42 Å². The molecule has 2 aliphatic rings. The Morgan fingerprint density at radius 3 is 3.07 bits per heavy atom. The zero-order chi connectivity index (χ0) is 10.7. The summed E-state index contributed by atoms with van der Waals surface area (Å²) in [4.78, 5) is 6.18. The van der Waals surface area contributed by atoms with Crippen LogP contribution in [0.2, 0.25) is 0 Å². The number of hydrogen-bond donors (Lipinski definition) is 3. The molecule has 0 aromatic rings. The fourth-order valence-corrected chi connectivity index (χ4v) is 1.91. The summed E-state index contributed by atoms with van der Waals surface area (Å²) in [7, 11) is 0. The molecule has 0 unspecified atom stereocenters. The maximum absolute atomic E-state index is 9.10. The molecular weight excluding hydrogens is 196 g/mol. The number of aliphatic hydroxyl groups is 2. The van der Waals surface area contributed by atoms with Crippen LogP contribution in [0.1, 0.15) is 6.42 Å². The Morgan fingerprint density at radius 2 is 2.33 bits per heavy atom. The Bertz CT molecular complexity index is 300. The molecule has 0 radical (unpaired) electrons. The van der Waals surface area contributed by atoms with Crippen LogP contribution < -0.4 is 5.32 Å². The van der Waals surface area contributed by atoms with E-state index in [1.165, 1.54) is 0 Å². The van der Waals surface area contributed by atoms with Crippen molar-refractivity contribution in [1.82, 2.24) is 10.2 Å². The number of nitrogens with zero attached hydrogens (tertiary/aromatic N) is 3. The maximum Gasteiger partial charge on any atom is 0.254 e. The minimum Gasteiger partial charge on any atom is -0.376 e. The van der Waals surface area contributed by atoms with E-state index in [-0.39, 0.29) is 13.5 Å². The van der Waals surface area contributed by atoms with Crippen molar-refractivity contribution in [2.24, 2.45) is 4.99 Å². The molecule has 2 heterocycles. The summed E-state index contributed by atoms with van der Waals surface area (Å²) in [5.74, 6) is 1.90. The normalized spacial score (nSPS) is 20.9. The Morgan fingerprint density at radius 1 is 1.47 bits per heavy atom. The second-order valence-electron chi connectivity index (χ2n) is 3.66. The number of aliphatic imine (C=N–C) groups is 1. The lowest BCUT2D eigenvalue weighted by atomic mass is 10.3. The number of rotatable bonds is 4. The predicted molar refractivity (Wildman–Crippen MR) is 55.9 cm³/mol. The molecule has 0 fully saturated rings. The summed E-state index contributed by atoms with van der Waals surface area (Å²) in [5.41, 5.74) is 0. The lowest BCUT2D eigenvalue weighted by molar-refractivity contribution is -0.555. The molecule has 6 nitrogen and oxygen atoms in total. The summed E-state index contributed by atoms with van der Waals surface area (Å²) in [6, 6.07) is 0. The van der Waals surface area contributed by atoms with Gasteiger partial charge in [0.05, 0.1) is 6.54 Å². The van der Waals surface area contributed by atoms with Crippen LogP contribution in [0.15, 0.2) is 4.99 Å². The van der Waals surface area contributed by atoms with Crippen molar-refractivity contribution in [2.75, 3.05) is 39.6 Å². The van der Waals surface area contributed by atoms with Gasteiger partial charge in [0.1, 0.15) is 32.1 Å². The van der Waals surface area contributed by atoms with Gasteiger partial charge in [0.15, 0.2) is 6.73 Å². The molecule has 0 bridgehead atoms. The molecule has 0 aromatic heterocycles. The number of amidine groups is 2. The zero-order valence-corrected chi connectivity index (χ0v) is 8.69. The van der Waals surface area contributed by atoms with E-state index < -0.39 is 0 Å². The Kier molecular flexibility index (Phi) is 3.17. The Balaban J connectivity index is 2.02. The topological polar surface area (TPSA) is 71.1 Å². The molecule has 3 N–H and O–H groups in total. The van der Waals surface area contributed by atoms with Gasteiger partial charge in [-0.25, -0.2) is 4.58 Å². The third kappa shape index (κ3) is 2.10. The predicted octanol–water partition coefficient (Wildman–Crippen LogP) is -2.00. The van der Waals surface area contributed by atoms with Crippen molar-refractivity contribution in [2.45, 2.75) is 6.42 Å². The quantitative estimate of drug-likeness (QED) is 0.473. The zero-order valence-electron chi connectivity index (χ0n) is 8.69. The standard InChI is InChI=1S/C9H16N4O2/c14-6-12-3-1-10-8(12)5-9-11-2-4-13(9)7-15/h14-15H,1-7H2/p+1. The van der Waals surface area contributed by atoms with Gasteiger partial charge in [-0.05, 0) is 0 Å². The van der Waals surface area contributed by atoms with Gasteiger partial charge >= 0.3 is 0 Å². The molecular formula is C9H17N4O2+. The molecule has 0 spiro atoms. The third-order valence-corrected chi connectivity index (χ3v) is 2.79. The van der Waals surface area contributed by atoms with Crippen LogP contribution in [-0.2, 0) is 0 Å². The van der Waals surface area contributed by atoms with Crippen LogP contribution in [0.4, 0.5) is 0 Å². The molecule has 0 amide bonds. The van der Waals surface area contributed by atoms with Gasteiger partial charge in [-0.1, -0.05) is 0 Å². The molecule has 0 aliphatic carbocycles. The number of hydrogen-bond acceptors (Lipinski definition) is 5. The van der Waals surface area contributed by atoms with Gasteiger partial charge in [0, 0.05) is 6.54 Å². The van der Waals surface area contributed by atoms with E-state index in [0.717, 1.165) is 37.9 Å². The van der Waals surface area contributed by atoms with Crippen molar-refractivity contribution < 1.29 is 14.8 Å². The Hall–Kier alpha value is -1.14. The van der Waals surface area contributed by atoms with Gasteiger partial charge in [-0.3, -0.25) is 10.3 Å². The highest BCUT2D eigenvalue weighted by atomic mass is 16.3. The summed E-state index contributed by atoms with van der Waals surface area (Å²) < 4.78 is 1.89. The largest absolute Gasteiger partial charge is 0.376 e. The van der Waals surface area contributed by atoms with Crippen LogP contribution in [0, 0.1) is 0 Å².